The minimum absolute atomic E-state index is 0.0140. The molecule has 3 aromatic carbocycles. The second-order valence-electron chi connectivity index (χ2n) is 8.38. The summed E-state index contributed by atoms with van der Waals surface area (Å²) in [5, 5.41) is 2.75. The van der Waals surface area contributed by atoms with Crippen molar-refractivity contribution < 1.29 is 22.4 Å². The van der Waals surface area contributed by atoms with Gasteiger partial charge in [0.05, 0.1) is 10.6 Å². The molecule has 2 amide bonds. The summed E-state index contributed by atoms with van der Waals surface area (Å²) < 4.78 is 43.5. The minimum Gasteiger partial charge on any atom is -0.354 e. The average Bonchev–Trinajstić information content (AvgIpc) is 2.90. The lowest BCUT2D eigenvalue weighted by atomic mass is 10.1. The van der Waals surface area contributed by atoms with Gasteiger partial charge >= 0.3 is 0 Å². The van der Waals surface area contributed by atoms with Gasteiger partial charge in [-0.15, -0.1) is 0 Å². The van der Waals surface area contributed by atoms with Crippen LogP contribution in [0.25, 0.3) is 0 Å². The molecular weight excluding hydrogens is 561 g/mol. The largest absolute Gasteiger partial charge is 0.354 e. The van der Waals surface area contributed by atoms with Crippen LogP contribution in [0, 0.1) is 5.82 Å². The predicted molar refractivity (Wildman–Crippen MR) is 145 cm³/mol. The number of rotatable bonds is 11. The molecule has 0 aliphatic heterocycles. The van der Waals surface area contributed by atoms with E-state index in [1.807, 2.05) is 6.92 Å². The number of hydrogen-bond acceptors (Lipinski definition) is 4. The van der Waals surface area contributed by atoms with Gasteiger partial charge in [-0.05, 0) is 55.8 Å². The highest BCUT2D eigenvalue weighted by molar-refractivity contribution is 9.10. The van der Waals surface area contributed by atoms with Crippen molar-refractivity contribution in [3.8, 4) is 0 Å². The molecule has 1 unspecified atom stereocenters. The number of anilines is 1. The Balaban J connectivity index is 2.01. The lowest BCUT2D eigenvalue weighted by Crippen LogP contribution is -2.51. The number of sulfonamides is 1. The lowest BCUT2D eigenvalue weighted by molar-refractivity contribution is -0.139. The fourth-order valence-corrected chi connectivity index (χ4v) is 5.34. The van der Waals surface area contributed by atoms with E-state index in [1.165, 1.54) is 35.2 Å². The highest BCUT2D eigenvalue weighted by Gasteiger charge is 2.32. The van der Waals surface area contributed by atoms with Gasteiger partial charge in [-0.3, -0.25) is 13.9 Å². The predicted octanol–water partition coefficient (Wildman–Crippen LogP) is 4.73. The van der Waals surface area contributed by atoms with Crippen LogP contribution in [0.1, 0.15) is 25.8 Å². The highest BCUT2D eigenvalue weighted by Crippen LogP contribution is 2.26. The number of benzene rings is 3. The van der Waals surface area contributed by atoms with Gasteiger partial charge in [0, 0.05) is 23.1 Å². The Morgan fingerprint density at radius 2 is 1.59 bits per heavy atom. The van der Waals surface area contributed by atoms with Crippen LogP contribution in [0.2, 0.25) is 0 Å². The van der Waals surface area contributed by atoms with Crippen molar-refractivity contribution in [2.75, 3.05) is 17.4 Å². The molecule has 3 aromatic rings. The smallest absolute Gasteiger partial charge is 0.264 e. The van der Waals surface area contributed by atoms with E-state index in [0.717, 1.165) is 8.78 Å². The van der Waals surface area contributed by atoms with Crippen molar-refractivity contribution in [1.82, 2.24) is 10.2 Å². The van der Waals surface area contributed by atoms with Crippen molar-refractivity contribution in [3.05, 3.63) is 94.7 Å². The van der Waals surface area contributed by atoms with Crippen molar-refractivity contribution in [1.29, 1.82) is 0 Å². The van der Waals surface area contributed by atoms with E-state index >= 15 is 0 Å². The van der Waals surface area contributed by atoms with E-state index < -0.39 is 40.2 Å². The number of nitrogens with zero attached hydrogens (tertiary/aromatic N) is 2. The average molecular weight is 591 g/mol. The molecule has 0 saturated heterocycles. The van der Waals surface area contributed by atoms with Crippen LogP contribution in [0.15, 0.2) is 88.2 Å². The number of amides is 2. The number of carbonyl (C=O) groups is 2. The zero-order valence-electron chi connectivity index (χ0n) is 20.6. The molecule has 10 heteroatoms. The molecule has 0 heterocycles. The van der Waals surface area contributed by atoms with E-state index in [4.69, 9.17) is 0 Å². The van der Waals surface area contributed by atoms with E-state index in [0.29, 0.717) is 13.0 Å². The van der Waals surface area contributed by atoms with Crippen LogP contribution in [-0.4, -0.2) is 44.3 Å². The molecule has 196 valence electrons. The van der Waals surface area contributed by atoms with Crippen LogP contribution in [0.4, 0.5) is 10.1 Å². The summed E-state index contributed by atoms with van der Waals surface area (Å²) in [7, 11) is -4.14. The summed E-state index contributed by atoms with van der Waals surface area (Å²) in [4.78, 5) is 27.7. The summed E-state index contributed by atoms with van der Waals surface area (Å²) in [6, 6.07) is 19.3. The maximum absolute atomic E-state index is 14.5. The van der Waals surface area contributed by atoms with Gasteiger partial charge < -0.3 is 10.2 Å². The first kappa shape index (κ1) is 28.3. The van der Waals surface area contributed by atoms with Gasteiger partial charge in [0.2, 0.25) is 11.8 Å². The number of hydrogen-bond donors (Lipinski definition) is 1. The monoisotopic (exact) mass is 589 g/mol. The van der Waals surface area contributed by atoms with E-state index in [2.05, 4.69) is 21.2 Å². The molecular formula is C27H29BrFN3O4S. The fraction of sp³-hybridized carbons (Fsp3) is 0.259. The Morgan fingerprint density at radius 1 is 0.973 bits per heavy atom. The maximum Gasteiger partial charge on any atom is 0.264 e. The van der Waals surface area contributed by atoms with Gasteiger partial charge in [0.1, 0.15) is 18.4 Å². The summed E-state index contributed by atoms with van der Waals surface area (Å²) in [5.41, 5.74) is 0.487. The molecule has 3 rings (SSSR count). The third-order valence-corrected chi connectivity index (χ3v) is 8.06. The highest BCUT2D eigenvalue weighted by atomic mass is 79.9. The standard InChI is InChI=1S/C27H29BrFN3O4S/c1-3-17-30-27(34)20(2)31(18-21-9-7-8-12-25(21)29)26(33)19-32(23-15-13-22(28)14-16-23)37(35,36)24-10-5-4-6-11-24/h4-16,20H,3,17-19H2,1-2H3,(H,30,34). The zero-order chi connectivity index (χ0) is 27.0. The summed E-state index contributed by atoms with van der Waals surface area (Å²) in [6.07, 6.45) is 0.701. The molecule has 0 aromatic heterocycles. The first-order chi connectivity index (χ1) is 17.6. The molecule has 0 radical (unpaired) electrons. The zero-order valence-corrected chi connectivity index (χ0v) is 23.0. The second kappa shape index (κ2) is 12.8. The van der Waals surface area contributed by atoms with E-state index in [9.17, 15) is 22.4 Å². The maximum atomic E-state index is 14.5. The SMILES string of the molecule is CCCNC(=O)C(C)N(Cc1ccccc1F)C(=O)CN(c1ccc(Br)cc1)S(=O)(=O)c1ccccc1. The summed E-state index contributed by atoms with van der Waals surface area (Å²) in [5.74, 6) is -1.58. The summed E-state index contributed by atoms with van der Waals surface area (Å²) >= 11 is 3.34. The molecule has 0 spiro atoms. The third-order valence-electron chi connectivity index (χ3n) is 5.74. The normalized spacial score (nSPS) is 12.0. The van der Waals surface area contributed by atoms with E-state index in [1.54, 1.807) is 55.5 Å². The van der Waals surface area contributed by atoms with Gasteiger partial charge in [-0.25, -0.2) is 12.8 Å². The van der Waals surface area contributed by atoms with Gasteiger partial charge in [0.25, 0.3) is 10.0 Å². The number of halogens is 2. The Morgan fingerprint density at radius 3 is 2.22 bits per heavy atom. The molecule has 0 saturated carbocycles. The molecule has 37 heavy (non-hydrogen) atoms. The van der Waals surface area contributed by atoms with Crippen molar-refractivity contribution in [2.45, 2.75) is 37.8 Å². The van der Waals surface area contributed by atoms with E-state index in [-0.39, 0.29) is 22.7 Å². The van der Waals surface area contributed by atoms with Crippen LogP contribution >= 0.6 is 15.9 Å². The quantitative estimate of drug-likeness (QED) is 0.350. The number of nitrogens with one attached hydrogen (secondary N) is 1. The minimum atomic E-state index is -4.14. The molecule has 0 fully saturated rings. The Kier molecular flexibility index (Phi) is 9.82. The third kappa shape index (κ3) is 7.17. The van der Waals surface area contributed by atoms with Gasteiger partial charge in [0.15, 0.2) is 0 Å². The van der Waals surface area contributed by atoms with Gasteiger partial charge in [-0.2, -0.15) is 0 Å². The fourth-order valence-electron chi connectivity index (χ4n) is 3.64. The van der Waals surface area contributed by atoms with Crippen molar-refractivity contribution in [3.63, 3.8) is 0 Å². The van der Waals surface area contributed by atoms with Crippen LogP contribution < -0.4 is 9.62 Å². The van der Waals surface area contributed by atoms with Crippen LogP contribution in [-0.2, 0) is 26.2 Å². The second-order valence-corrected chi connectivity index (χ2v) is 11.2. The van der Waals surface area contributed by atoms with Crippen molar-refractivity contribution >= 4 is 43.5 Å². The Hall–Kier alpha value is -3.24. The first-order valence-electron chi connectivity index (χ1n) is 11.8. The summed E-state index contributed by atoms with van der Waals surface area (Å²) in [6.45, 7) is 3.07. The lowest BCUT2D eigenvalue weighted by Gasteiger charge is -2.32. The molecule has 0 aliphatic rings. The Labute approximate surface area is 225 Å². The molecule has 0 bridgehead atoms. The van der Waals surface area contributed by atoms with Crippen LogP contribution in [0.3, 0.4) is 0 Å². The molecule has 1 N–H and O–H groups in total. The molecule has 0 aliphatic carbocycles. The topological polar surface area (TPSA) is 86.8 Å². The number of carbonyl (C=O) groups excluding carboxylic acids is 2. The molecule has 1 atom stereocenters. The van der Waals surface area contributed by atoms with Crippen molar-refractivity contribution in [2.24, 2.45) is 0 Å². The van der Waals surface area contributed by atoms with Gasteiger partial charge in [-0.1, -0.05) is 59.3 Å². The first-order valence-corrected chi connectivity index (χ1v) is 14.0. The Bertz CT molecular complexity index is 1320. The van der Waals surface area contributed by atoms with Crippen LogP contribution in [0.5, 0.6) is 0 Å². The molecule has 7 nitrogen and oxygen atoms in total.